The van der Waals surface area contributed by atoms with Gasteiger partial charge in [-0.1, -0.05) is 0 Å². The minimum atomic E-state index is -0.738. The first-order chi connectivity index (χ1) is 11.9. The first-order valence-corrected chi connectivity index (χ1v) is 7.81. The van der Waals surface area contributed by atoms with E-state index in [1.54, 1.807) is 25.9 Å². The predicted octanol–water partition coefficient (Wildman–Crippen LogP) is 0.750. The van der Waals surface area contributed by atoms with E-state index in [1.807, 2.05) is 0 Å². The second kappa shape index (κ2) is 8.17. The molecule has 0 saturated heterocycles. The van der Waals surface area contributed by atoms with Crippen LogP contribution in [0.2, 0.25) is 0 Å². The van der Waals surface area contributed by atoms with Gasteiger partial charge in [0.2, 0.25) is 12.6 Å². The molecule has 2 rings (SSSR count). The van der Waals surface area contributed by atoms with Crippen molar-refractivity contribution in [2.24, 2.45) is 0 Å². The molecule has 0 amide bonds. The summed E-state index contributed by atoms with van der Waals surface area (Å²) >= 11 is 0. The Morgan fingerprint density at radius 3 is 2.48 bits per heavy atom. The number of Topliss-reactive ketones (excluding diaryl/α,β-unsaturated/α-hetero) is 1. The van der Waals surface area contributed by atoms with Crippen LogP contribution in [0.1, 0.15) is 6.92 Å². The summed E-state index contributed by atoms with van der Waals surface area (Å²) in [7, 11) is 6.36. The SMILES string of the molecule is CCOC(=O)/C(=C\N(C)C)C(=O)C1=CC2=C(OCO2)C(OC)C1OC. The number of allylic oxidation sites excluding steroid dienone is 1. The molecular formula is C17H23NO7. The maximum atomic E-state index is 13.1. The van der Waals surface area contributed by atoms with E-state index in [-0.39, 0.29) is 24.5 Å². The van der Waals surface area contributed by atoms with Crippen LogP contribution >= 0.6 is 0 Å². The fourth-order valence-corrected chi connectivity index (χ4v) is 2.66. The lowest BCUT2D eigenvalue weighted by Gasteiger charge is -2.29. The highest BCUT2D eigenvalue weighted by atomic mass is 16.7. The van der Waals surface area contributed by atoms with Crippen molar-refractivity contribution in [2.75, 3.05) is 41.7 Å². The Labute approximate surface area is 146 Å². The zero-order chi connectivity index (χ0) is 18.6. The minimum absolute atomic E-state index is 0.0389. The van der Waals surface area contributed by atoms with Gasteiger partial charge >= 0.3 is 5.97 Å². The molecule has 1 heterocycles. The number of hydrogen-bond donors (Lipinski definition) is 0. The molecule has 0 aromatic rings. The minimum Gasteiger partial charge on any atom is -0.462 e. The fraction of sp³-hybridized carbons (Fsp3) is 0.529. The number of esters is 1. The first-order valence-electron chi connectivity index (χ1n) is 7.81. The molecule has 25 heavy (non-hydrogen) atoms. The lowest BCUT2D eigenvalue weighted by molar-refractivity contribution is -0.140. The number of ether oxygens (including phenoxy) is 5. The summed E-state index contributed by atoms with van der Waals surface area (Å²) in [5.41, 5.74) is 0.137. The summed E-state index contributed by atoms with van der Waals surface area (Å²) in [6, 6.07) is 0. The number of hydrogen-bond acceptors (Lipinski definition) is 8. The molecule has 0 radical (unpaired) electrons. The molecule has 8 nitrogen and oxygen atoms in total. The van der Waals surface area contributed by atoms with Crippen LogP contribution in [-0.2, 0) is 33.3 Å². The average molecular weight is 353 g/mol. The Balaban J connectivity index is 2.45. The van der Waals surface area contributed by atoms with Gasteiger partial charge in [0, 0.05) is 40.1 Å². The Morgan fingerprint density at radius 2 is 1.92 bits per heavy atom. The molecule has 2 aliphatic rings. The van der Waals surface area contributed by atoms with E-state index in [0.29, 0.717) is 11.5 Å². The summed E-state index contributed by atoms with van der Waals surface area (Å²) in [6.45, 7) is 1.88. The van der Waals surface area contributed by atoms with Gasteiger partial charge in [0.1, 0.15) is 17.8 Å². The van der Waals surface area contributed by atoms with Crippen molar-refractivity contribution in [3.05, 3.63) is 34.9 Å². The van der Waals surface area contributed by atoms with E-state index >= 15 is 0 Å². The second-order valence-corrected chi connectivity index (χ2v) is 5.60. The summed E-state index contributed by atoms with van der Waals surface area (Å²) < 4.78 is 26.7. The van der Waals surface area contributed by atoms with Crippen LogP contribution in [0.4, 0.5) is 0 Å². The molecule has 1 aliphatic heterocycles. The highest BCUT2D eigenvalue weighted by Crippen LogP contribution is 2.34. The average Bonchev–Trinajstić information content (AvgIpc) is 3.05. The molecule has 0 bridgehead atoms. The van der Waals surface area contributed by atoms with Crippen LogP contribution in [0.5, 0.6) is 0 Å². The lowest BCUT2D eigenvalue weighted by Crippen LogP contribution is -2.39. The van der Waals surface area contributed by atoms with E-state index in [9.17, 15) is 9.59 Å². The Kier molecular flexibility index (Phi) is 6.22. The van der Waals surface area contributed by atoms with E-state index in [0.717, 1.165) is 0 Å². The van der Waals surface area contributed by atoms with Gasteiger partial charge in [-0.15, -0.1) is 0 Å². The number of methoxy groups -OCH3 is 2. The van der Waals surface area contributed by atoms with Gasteiger partial charge in [-0.05, 0) is 13.0 Å². The molecule has 0 spiro atoms. The fourth-order valence-electron chi connectivity index (χ4n) is 2.66. The molecule has 0 N–H and O–H groups in total. The molecule has 8 heteroatoms. The zero-order valence-corrected chi connectivity index (χ0v) is 15.0. The predicted molar refractivity (Wildman–Crippen MR) is 87.2 cm³/mol. The number of carbonyl (C=O) groups excluding carboxylic acids is 2. The molecule has 0 aromatic carbocycles. The Hall–Kier alpha value is -2.32. The van der Waals surface area contributed by atoms with Gasteiger partial charge in [-0.3, -0.25) is 4.79 Å². The van der Waals surface area contributed by atoms with Crippen LogP contribution in [-0.4, -0.2) is 70.6 Å². The molecule has 0 aromatic heterocycles. The number of carbonyl (C=O) groups is 2. The Bertz CT molecular complexity index is 633. The Morgan fingerprint density at radius 1 is 1.24 bits per heavy atom. The summed E-state index contributed by atoms with van der Waals surface area (Å²) in [6.07, 6.45) is 1.56. The topological polar surface area (TPSA) is 83.5 Å². The van der Waals surface area contributed by atoms with Crippen LogP contribution in [0.15, 0.2) is 34.9 Å². The largest absolute Gasteiger partial charge is 0.462 e. The van der Waals surface area contributed by atoms with Gasteiger partial charge in [0.05, 0.1) is 6.61 Å². The molecule has 1 aliphatic carbocycles. The highest BCUT2D eigenvalue weighted by Gasteiger charge is 2.42. The van der Waals surface area contributed by atoms with E-state index in [2.05, 4.69) is 0 Å². The number of rotatable bonds is 7. The van der Waals surface area contributed by atoms with E-state index < -0.39 is 24.0 Å². The number of ketones is 1. The summed E-state index contributed by atoms with van der Waals surface area (Å²) in [5, 5.41) is 0. The first kappa shape index (κ1) is 19.0. The third kappa shape index (κ3) is 3.85. The summed E-state index contributed by atoms with van der Waals surface area (Å²) in [4.78, 5) is 26.9. The van der Waals surface area contributed by atoms with Crippen molar-refractivity contribution in [1.29, 1.82) is 0 Å². The normalized spacial score (nSPS) is 22.6. The maximum Gasteiger partial charge on any atom is 0.343 e. The molecule has 0 fully saturated rings. The van der Waals surface area contributed by atoms with Crippen molar-refractivity contribution in [3.8, 4) is 0 Å². The van der Waals surface area contributed by atoms with Gasteiger partial charge in [-0.2, -0.15) is 0 Å². The van der Waals surface area contributed by atoms with Crippen LogP contribution in [0.25, 0.3) is 0 Å². The monoisotopic (exact) mass is 353 g/mol. The van der Waals surface area contributed by atoms with Gasteiger partial charge in [0.25, 0.3) is 0 Å². The lowest BCUT2D eigenvalue weighted by atomic mass is 9.90. The van der Waals surface area contributed by atoms with Gasteiger partial charge < -0.3 is 28.6 Å². The van der Waals surface area contributed by atoms with Gasteiger partial charge in [-0.25, -0.2) is 4.79 Å². The van der Waals surface area contributed by atoms with E-state index in [4.69, 9.17) is 23.7 Å². The van der Waals surface area contributed by atoms with E-state index in [1.165, 1.54) is 26.5 Å². The standard InChI is InChI=1S/C17H23NO7/c1-6-23-17(20)11(8-18(2)3)13(19)10-7-12-15(25-9-24-12)16(22-5)14(10)21-4/h7-8,14,16H,6,9H2,1-5H3/b11-8-. The molecule has 2 atom stereocenters. The van der Waals surface area contributed by atoms with Crippen molar-refractivity contribution in [3.63, 3.8) is 0 Å². The smallest absolute Gasteiger partial charge is 0.343 e. The zero-order valence-electron chi connectivity index (χ0n) is 15.0. The van der Waals surface area contributed by atoms with Crippen LogP contribution < -0.4 is 0 Å². The maximum absolute atomic E-state index is 13.1. The quantitative estimate of drug-likeness (QED) is 0.287. The summed E-state index contributed by atoms with van der Waals surface area (Å²) in [5.74, 6) is -0.339. The molecule has 0 saturated carbocycles. The molecule has 138 valence electrons. The molecule has 2 unspecified atom stereocenters. The van der Waals surface area contributed by atoms with Gasteiger partial charge in [0.15, 0.2) is 11.5 Å². The third-order valence-corrected chi connectivity index (χ3v) is 3.70. The van der Waals surface area contributed by atoms with Crippen LogP contribution in [0.3, 0.4) is 0 Å². The number of nitrogens with zero attached hydrogens (tertiary/aromatic N) is 1. The van der Waals surface area contributed by atoms with Crippen molar-refractivity contribution in [1.82, 2.24) is 4.90 Å². The van der Waals surface area contributed by atoms with Crippen molar-refractivity contribution >= 4 is 11.8 Å². The molecular weight excluding hydrogens is 330 g/mol. The van der Waals surface area contributed by atoms with Crippen molar-refractivity contribution in [2.45, 2.75) is 19.1 Å². The van der Waals surface area contributed by atoms with Crippen LogP contribution in [0, 0.1) is 0 Å². The highest BCUT2D eigenvalue weighted by molar-refractivity contribution is 6.24. The second-order valence-electron chi connectivity index (χ2n) is 5.60. The third-order valence-electron chi connectivity index (χ3n) is 3.70. The van der Waals surface area contributed by atoms with Crippen molar-refractivity contribution < 1.29 is 33.3 Å².